The molecule has 166 valence electrons. The molecule has 0 atom stereocenters. The zero-order chi connectivity index (χ0) is 23.5. The highest BCUT2D eigenvalue weighted by atomic mass is 35.5. The second-order valence-corrected chi connectivity index (χ2v) is 9.01. The number of hydrogen-bond donors (Lipinski definition) is 3. The number of rotatable bonds is 4. The van der Waals surface area contributed by atoms with Gasteiger partial charge in [0.05, 0.1) is 5.02 Å². The van der Waals surface area contributed by atoms with Gasteiger partial charge in [-0.15, -0.1) is 11.3 Å². The lowest BCUT2D eigenvalue weighted by atomic mass is 10.1. The van der Waals surface area contributed by atoms with E-state index in [1.807, 2.05) is 19.1 Å². The van der Waals surface area contributed by atoms with Crippen molar-refractivity contribution in [3.05, 3.63) is 98.3 Å². The van der Waals surface area contributed by atoms with Crippen LogP contribution in [0.15, 0.2) is 66.7 Å². The Morgan fingerprint density at radius 3 is 2.24 bits per heavy atom. The molecule has 9 heteroatoms. The molecular formula is C24H17Cl2N3O3S. The number of fused-ring (bicyclic) bond motifs is 1. The maximum absolute atomic E-state index is 12.5. The van der Waals surface area contributed by atoms with E-state index < -0.39 is 11.8 Å². The van der Waals surface area contributed by atoms with Crippen LogP contribution in [-0.2, 0) is 0 Å². The fraction of sp³-hybridized carbons (Fsp3) is 0.0417. The molecule has 0 radical (unpaired) electrons. The van der Waals surface area contributed by atoms with E-state index >= 15 is 0 Å². The first kappa shape index (κ1) is 22.8. The van der Waals surface area contributed by atoms with Crippen LogP contribution < -0.4 is 16.2 Å². The third kappa shape index (κ3) is 5.01. The minimum Gasteiger partial charge on any atom is -0.322 e. The van der Waals surface area contributed by atoms with Crippen LogP contribution in [0.2, 0.25) is 10.0 Å². The number of halogens is 2. The van der Waals surface area contributed by atoms with Crippen LogP contribution in [-0.4, -0.2) is 17.7 Å². The van der Waals surface area contributed by atoms with Crippen LogP contribution >= 0.6 is 34.5 Å². The highest BCUT2D eigenvalue weighted by molar-refractivity contribution is 7.21. The van der Waals surface area contributed by atoms with Crippen molar-refractivity contribution in [2.24, 2.45) is 0 Å². The van der Waals surface area contributed by atoms with Gasteiger partial charge >= 0.3 is 0 Å². The molecule has 0 bridgehead atoms. The van der Waals surface area contributed by atoms with E-state index in [0.717, 1.165) is 10.3 Å². The molecule has 0 aliphatic carbocycles. The summed E-state index contributed by atoms with van der Waals surface area (Å²) in [6, 6.07) is 18.7. The van der Waals surface area contributed by atoms with E-state index in [4.69, 9.17) is 23.2 Å². The van der Waals surface area contributed by atoms with E-state index in [9.17, 15) is 14.4 Å². The molecule has 4 aromatic rings. The first-order valence-corrected chi connectivity index (χ1v) is 11.4. The standard InChI is InChI=1S/C24H17Cl2N3O3S/c1-13-4-2-3-5-17(13)23(31)27-16-9-6-14(7-10-16)22(30)28-29-24(32)21-20(26)18-11-8-15(25)12-19(18)33-21/h2-12H,1H3,(H,27,31)(H,28,30)(H,29,32). The topological polar surface area (TPSA) is 87.3 Å². The number of carbonyl (C=O) groups is 3. The second-order valence-electron chi connectivity index (χ2n) is 7.14. The van der Waals surface area contributed by atoms with Gasteiger partial charge in [0.2, 0.25) is 0 Å². The van der Waals surface area contributed by atoms with Gasteiger partial charge in [0.25, 0.3) is 17.7 Å². The number of hydrazine groups is 1. The molecule has 0 aliphatic heterocycles. The Balaban J connectivity index is 1.38. The van der Waals surface area contributed by atoms with Crippen LogP contribution in [0.5, 0.6) is 0 Å². The van der Waals surface area contributed by atoms with Gasteiger partial charge in [0.15, 0.2) is 0 Å². The summed E-state index contributed by atoms with van der Waals surface area (Å²) < 4.78 is 0.771. The first-order valence-electron chi connectivity index (χ1n) is 9.79. The first-order chi connectivity index (χ1) is 15.8. The van der Waals surface area contributed by atoms with E-state index in [2.05, 4.69) is 16.2 Å². The van der Waals surface area contributed by atoms with Crippen LogP contribution in [0.4, 0.5) is 5.69 Å². The monoisotopic (exact) mass is 497 g/mol. The second kappa shape index (κ2) is 9.62. The Labute approximate surface area is 203 Å². The van der Waals surface area contributed by atoms with E-state index in [1.54, 1.807) is 54.6 Å². The van der Waals surface area contributed by atoms with Crippen molar-refractivity contribution in [1.82, 2.24) is 10.9 Å². The average molecular weight is 498 g/mol. The summed E-state index contributed by atoms with van der Waals surface area (Å²) in [5.74, 6) is -1.28. The smallest absolute Gasteiger partial charge is 0.281 e. The summed E-state index contributed by atoms with van der Waals surface area (Å²) >= 11 is 13.5. The van der Waals surface area contributed by atoms with E-state index in [-0.39, 0.29) is 10.8 Å². The van der Waals surface area contributed by atoms with Crippen molar-refractivity contribution in [1.29, 1.82) is 0 Å². The minimum absolute atomic E-state index is 0.237. The molecule has 3 N–H and O–H groups in total. The van der Waals surface area contributed by atoms with Crippen LogP contribution in [0, 0.1) is 6.92 Å². The summed E-state index contributed by atoms with van der Waals surface area (Å²) in [7, 11) is 0. The van der Waals surface area contributed by atoms with Gasteiger partial charge in [-0.05, 0) is 55.0 Å². The van der Waals surface area contributed by atoms with Crippen LogP contribution in [0.3, 0.4) is 0 Å². The predicted octanol–water partition coefficient (Wildman–Crippen LogP) is 5.84. The van der Waals surface area contributed by atoms with E-state index in [1.165, 1.54) is 11.3 Å². The fourth-order valence-corrected chi connectivity index (χ4v) is 4.85. The number of benzene rings is 3. The normalized spacial score (nSPS) is 10.6. The lowest BCUT2D eigenvalue weighted by Gasteiger charge is -2.09. The van der Waals surface area contributed by atoms with Crippen molar-refractivity contribution in [2.45, 2.75) is 6.92 Å². The SMILES string of the molecule is Cc1ccccc1C(=O)Nc1ccc(C(=O)NNC(=O)c2sc3cc(Cl)ccc3c2Cl)cc1. The zero-order valence-electron chi connectivity index (χ0n) is 17.2. The molecule has 0 aliphatic rings. The number of anilines is 1. The molecule has 6 nitrogen and oxygen atoms in total. The van der Waals surface area contributed by atoms with Gasteiger partial charge in [0, 0.05) is 31.9 Å². The number of amides is 3. The Hall–Kier alpha value is -3.39. The quantitative estimate of drug-likeness (QED) is 0.309. The number of aryl methyl sites for hydroxylation is 1. The summed E-state index contributed by atoms with van der Waals surface area (Å²) in [6.45, 7) is 1.86. The molecule has 4 rings (SSSR count). The summed E-state index contributed by atoms with van der Waals surface area (Å²) in [5.41, 5.74) is 7.03. The highest BCUT2D eigenvalue weighted by Gasteiger charge is 2.18. The lowest BCUT2D eigenvalue weighted by molar-refractivity contribution is 0.0849. The van der Waals surface area contributed by atoms with Crippen molar-refractivity contribution in [3.8, 4) is 0 Å². The zero-order valence-corrected chi connectivity index (χ0v) is 19.6. The Kier molecular flexibility index (Phi) is 6.65. The number of carbonyl (C=O) groups excluding carboxylic acids is 3. The van der Waals surface area contributed by atoms with Crippen LogP contribution in [0.25, 0.3) is 10.1 Å². The molecule has 1 heterocycles. The lowest BCUT2D eigenvalue weighted by Crippen LogP contribution is -2.41. The van der Waals surface area contributed by atoms with E-state index in [0.29, 0.717) is 32.2 Å². The number of nitrogens with one attached hydrogen (secondary N) is 3. The van der Waals surface area contributed by atoms with Crippen molar-refractivity contribution in [2.75, 3.05) is 5.32 Å². The fourth-order valence-electron chi connectivity index (χ4n) is 3.16. The van der Waals surface area contributed by atoms with Gasteiger partial charge in [-0.1, -0.05) is 47.5 Å². The molecule has 0 unspecified atom stereocenters. The molecule has 1 aromatic heterocycles. The predicted molar refractivity (Wildman–Crippen MR) is 132 cm³/mol. The molecule has 3 amide bonds. The summed E-state index contributed by atoms with van der Waals surface area (Å²) in [4.78, 5) is 37.6. The molecule has 33 heavy (non-hydrogen) atoms. The number of hydrogen-bond acceptors (Lipinski definition) is 4. The van der Waals surface area contributed by atoms with Gasteiger partial charge in [0.1, 0.15) is 4.88 Å². The minimum atomic E-state index is -0.534. The Bertz CT molecular complexity index is 1380. The third-order valence-electron chi connectivity index (χ3n) is 4.88. The molecule has 0 saturated carbocycles. The molecule has 0 saturated heterocycles. The van der Waals surface area contributed by atoms with Gasteiger partial charge < -0.3 is 5.32 Å². The van der Waals surface area contributed by atoms with Gasteiger partial charge in [-0.3, -0.25) is 25.2 Å². The maximum Gasteiger partial charge on any atom is 0.281 e. The molecule has 0 fully saturated rings. The van der Waals surface area contributed by atoms with Gasteiger partial charge in [-0.25, -0.2) is 0 Å². The average Bonchev–Trinajstić information content (AvgIpc) is 3.13. The summed E-state index contributed by atoms with van der Waals surface area (Å²) in [6.07, 6.45) is 0. The molecule has 3 aromatic carbocycles. The molecule has 0 spiro atoms. The third-order valence-corrected chi connectivity index (χ3v) is 6.77. The molecular weight excluding hydrogens is 481 g/mol. The highest BCUT2D eigenvalue weighted by Crippen LogP contribution is 2.36. The van der Waals surface area contributed by atoms with Crippen molar-refractivity contribution < 1.29 is 14.4 Å². The Morgan fingerprint density at radius 2 is 1.52 bits per heavy atom. The summed E-state index contributed by atoms with van der Waals surface area (Å²) in [5, 5.41) is 4.35. The van der Waals surface area contributed by atoms with Crippen molar-refractivity contribution >= 4 is 68.0 Å². The van der Waals surface area contributed by atoms with Gasteiger partial charge in [-0.2, -0.15) is 0 Å². The Morgan fingerprint density at radius 1 is 0.818 bits per heavy atom. The van der Waals surface area contributed by atoms with Crippen LogP contribution in [0.1, 0.15) is 36.0 Å². The van der Waals surface area contributed by atoms with Crippen molar-refractivity contribution in [3.63, 3.8) is 0 Å². The number of thiophene rings is 1. The maximum atomic E-state index is 12.5. The largest absolute Gasteiger partial charge is 0.322 e.